The molecule has 4 heterocycles. The maximum absolute atomic E-state index is 6.31. The fraction of sp³-hybridized carbons (Fsp3) is 0.250. The fourth-order valence-electron chi connectivity index (χ4n) is 3.90. The minimum atomic E-state index is 0.495. The Labute approximate surface area is 212 Å². The number of benzene rings is 1. The number of ether oxygens (including phenoxy) is 1. The third-order valence-corrected chi connectivity index (χ3v) is 5.93. The first-order valence-corrected chi connectivity index (χ1v) is 11.7. The Kier molecular flexibility index (Phi) is 6.38. The first kappa shape index (κ1) is 23.5. The summed E-state index contributed by atoms with van der Waals surface area (Å²) in [7, 11) is 5.30. The summed E-state index contributed by atoms with van der Waals surface area (Å²) in [6.45, 7) is 3.23. The number of nitrogens with zero attached hydrogens (tertiary/aromatic N) is 9. The molecule has 0 unspecified atom stereocenters. The lowest BCUT2D eigenvalue weighted by molar-refractivity contribution is 0.415. The summed E-state index contributed by atoms with van der Waals surface area (Å²) in [6.07, 6.45) is 8.84. The molecule has 184 valence electrons. The van der Waals surface area contributed by atoms with Gasteiger partial charge in [0.2, 0.25) is 0 Å². The van der Waals surface area contributed by atoms with Crippen LogP contribution in [0.2, 0.25) is 5.02 Å². The lowest BCUT2D eigenvalue weighted by atomic mass is 10.1. The number of hydrazone groups is 1. The Balaban J connectivity index is 1.59. The van der Waals surface area contributed by atoms with Gasteiger partial charge >= 0.3 is 0 Å². The maximum Gasteiger partial charge on any atom is 0.170 e. The van der Waals surface area contributed by atoms with Crippen LogP contribution >= 0.6 is 11.6 Å². The number of imidazole rings is 1. The number of aromatic nitrogens is 7. The van der Waals surface area contributed by atoms with Crippen molar-refractivity contribution in [3.8, 4) is 11.6 Å². The van der Waals surface area contributed by atoms with Crippen LogP contribution in [0.25, 0.3) is 27.6 Å². The molecule has 4 aromatic heterocycles. The van der Waals surface area contributed by atoms with E-state index in [0.29, 0.717) is 41.2 Å². The molecule has 1 N–H and O–H groups in total. The highest BCUT2D eigenvalue weighted by molar-refractivity contribution is 6.32. The Hall–Kier alpha value is -4.25. The molecule has 0 aliphatic carbocycles. The molecule has 0 saturated heterocycles. The highest BCUT2D eigenvalue weighted by Gasteiger charge is 2.17. The lowest BCUT2D eigenvalue weighted by Crippen LogP contribution is -2.07. The second-order valence-corrected chi connectivity index (χ2v) is 8.64. The van der Waals surface area contributed by atoms with Crippen LogP contribution in [-0.4, -0.2) is 66.9 Å². The van der Waals surface area contributed by atoms with Gasteiger partial charge in [-0.25, -0.2) is 14.6 Å². The van der Waals surface area contributed by atoms with E-state index in [4.69, 9.17) is 16.3 Å². The van der Waals surface area contributed by atoms with Gasteiger partial charge in [-0.05, 0) is 24.6 Å². The second-order valence-electron chi connectivity index (χ2n) is 8.24. The highest BCUT2D eigenvalue weighted by Crippen LogP contribution is 2.32. The average Bonchev–Trinajstić information content (AvgIpc) is 3.53. The fourth-order valence-corrected chi connectivity index (χ4v) is 4.18. The summed E-state index contributed by atoms with van der Waals surface area (Å²) in [5.74, 6) is 1.86. The smallest absolute Gasteiger partial charge is 0.170 e. The lowest BCUT2D eigenvalue weighted by Gasteiger charge is -2.13. The van der Waals surface area contributed by atoms with Crippen LogP contribution in [0.15, 0.2) is 48.2 Å². The molecule has 0 radical (unpaired) electrons. The molecular formula is C24H25ClN10O. The molecule has 0 saturated carbocycles. The molecule has 0 atom stereocenters. The van der Waals surface area contributed by atoms with E-state index in [1.54, 1.807) is 30.9 Å². The van der Waals surface area contributed by atoms with E-state index in [9.17, 15) is 0 Å². The van der Waals surface area contributed by atoms with E-state index < -0.39 is 0 Å². The number of aryl methyl sites for hydroxylation is 1. The van der Waals surface area contributed by atoms with Gasteiger partial charge in [-0.1, -0.05) is 17.7 Å². The average molecular weight is 505 g/mol. The zero-order chi connectivity index (χ0) is 25.2. The Morgan fingerprint density at radius 2 is 2.03 bits per heavy atom. The summed E-state index contributed by atoms with van der Waals surface area (Å²) in [5.41, 5.74) is 2.46. The van der Waals surface area contributed by atoms with Gasteiger partial charge in [0.25, 0.3) is 0 Å². The van der Waals surface area contributed by atoms with Gasteiger partial charge in [-0.3, -0.25) is 4.57 Å². The summed E-state index contributed by atoms with van der Waals surface area (Å²) in [5, 5.41) is 26.1. The summed E-state index contributed by atoms with van der Waals surface area (Å²) in [6, 6.07) is 5.66. The second kappa shape index (κ2) is 9.78. The van der Waals surface area contributed by atoms with E-state index in [2.05, 4.69) is 35.7 Å². The first-order valence-electron chi connectivity index (χ1n) is 11.3. The van der Waals surface area contributed by atoms with Crippen molar-refractivity contribution in [3.63, 3.8) is 0 Å². The van der Waals surface area contributed by atoms with Crippen molar-refractivity contribution in [1.29, 1.82) is 0 Å². The van der Waals surface area contributed by atoms with Crippen LogP contribution in [0.4, 0.5) is 5.82 Å². The van der Waals surface area contributed by atoms with Gasteiger partial charge in [0.05, 0.1) is 29.9 Å². The zero-order valence-corrected chi connectivity index (χ0v) is 21.1. The number of nitrogens with one attached hydrogen (secondary N) is 1. The number of hydrogen-bond donors (Lipinski definition) is 1. The van der Waals surface area contributed by atoms with Crippen LogP contribution < -0.4 is 10.1 Å². The molecule has 0 amide bonds. The number of rotatable bonds is 8. The van der Waals surface area contributed by atoms with E-state index >= 15 is 0 Å². The predicted octanol–water partition coefficient (Wildman–Crippen LogP) is 3.75. The number of halogens is 1. The minimum Gasteiger partial charge on any atom is -0.495 e. The van der Waals surface area contributed by atoms with Crippen LogP contribution in [-0.2, 0) is 13.1 Å². The Bertz CT molecular complexity index is 1570. The normalized spacial score (nSPS) is 11.6. The number of anilines is 1. The van der Waals surface area contributed by atoms with Crippen molar-refractivity contribution < 1.29 is 4.74 Å². The van der Waals surface area contributed by atoms with Gasteiger partial charge in [0, 0.05) is 50.4 Å². The molecule has 0 spiro atoms. The molecule has 0 aliphatic rings. The molecule has 36 heavy (non-hydrogen) atoms. The molecule has 0 fully saturated rings. The SMILES string of the molecule is CCn1ncc2c3c(NCc4ccc(OC)c(Cl)c4)nnc(-n4cnc(C=NN(C)C)c4)c3cnc21. The van der Waals surface area contributed by atoms with E-state index in [1.165, 1.54) is 0 Å². The monoisotopic (exact) mass is 504 g/mol. The van der Waals surface area contributed by atoms with E-state index in [-0.39, 0.29) is 0 Å². The zero-order valence-electron chi connectivity index (χ0n) is 20.3. The van der Waals surface area contributed by atoms with Crippen molar-refractivity contribution in [2.45, 2.75) is 20.0 Å². The van der Waals surface area contributed by atoms with Crippen molar-refractivity contribution in [1.82, 2.24) is 39.5 Å². The first-order chi connectivity index (χ1) is 17.5. The number of hydrogen-bond acceptors (Lipinski definition) is 9. The number of pyridine rings is 1. The third-order valence-electron chi connectivity index (χ3n) is 5.63. The van der Waals surface area contributed by atoms with Gasteiger partial charge in [-0.2, -0.15) is 10.2 Å². The maximum atomic E-state index is 6.31. The molecule has 5 rings (SSSR count). The summed E-state index contributed by atoms with van der Waals surface area (Å²) in [4.78, 5) is 9.11. The van der Waals surface area contributed by atoms with Crippen molar-refractivity contribution in [3.05, 3.63) is 59.4 Å². The van der Waals surface area contributed by atoms with Crippen LogP contribution in [0, 0.1) is 0 Å². The molecule has 0 bridgehead atoms. The van der Waals surface area contributed by atoms with Crippen LogP contribution in [0.1, 0.15) is 18.2 Å². The van der Waals surface area contributed by atoms with Gasteiger partial charge in [0.15, 0.2) is 17.3 Å². The number of methoxy groups -OCH3 is 1. The Morgan fingerprint density at radius 3 is 2.78 bits per heavy atom. The summed E-state index contributed by atoms with van der Waals surface area (Å²) >= 11 is 6.31. The minimum absolute atomic E-state index is 0.495. The quantitative estimate of drug-likeness (QED) is 0.251. The molecule has 0 aliphatic heterocycles. The van der Waals surface area contributed by atoms with Crippen molar-refractivity contribution >= 4 is 45.4 Å². The van der Waals surface area contributed by atoms with Crippen LogP contribution in [0.3, 0.4) is 0 Å². The van der Waals surface area contributed by atoms with Crippen molar-refractivity contribution in [2.75, 3.05) is 26.5 Å². The molecule has 12 heteroatoms. The number of fused-ring (bicyclic) bond motifs is 3. The van der Waals surface area contributed by atoms with E-state index in [1.807, 2.05) is 60.9 Å². The molecule has 11 nitrogen and oxygen atoms in total. The largest absolute Gasteiger partial charge is 0.495 e. The van der Waals surface area contributed by atoms with E-state index in [0.717, 1.165) is 27.4 Å². The Morgan fingerprint density at radius 1 is 1.17 bits per heavy atom. The molecular weight excluding hydrogens is 480 g/mol. The van der Waals surface area contributed by atoms with Gasteiger partial charge in [0.1, 0.15) is 17.8 Å². The predicted molar refractivity (Wildman–Crippen MR) is 140 cm³/mol. The van der Waals surface area contributed by atoms with Crippen molar-refractivity contribution in [2.24, 2.45) is 5.10 Å². The molecule has 1 aromatic carbocycles. The molecule has 5 aromatic rings. The summed E-state index contributed by atoms with van der Waals surface area (Å²) < 4.78 is 8.93. The third kappa shape index (κ3) is 4.40. The van der Waals surface area contributed by atoms with Gasteiger partial charge in [-0.15, -0.1) is 10.2 Å². The highest BCUT2D eigenvalue weighted by atomic mass is 35.5. The van der Waals surface area contributed by atoms with Gasteiger partial charge < -0.3 is 15.1 Å². The van der Waals surface area contributed by atoms with Crippen LogP contribution in [0.5, 0.6) is 5.75 Å². The standard InChI is InChI=1S/C24H25ClN10O/c1-5-35-23-18(12-30-35)21-17(11-27-23)24(34-13-16(28-14-34)10-29-33(2)3)32-31-22(21)26-9-15-6-7-20(36-4)19(25)8-15/h6-8,10-14H,5,9H2,1-4H3,(H,26,31). The topological polar surface area (TPSA) is 111 Å².